The Labute approximate surface area is 145 Å². The van der Waals surface area contributed by atoms with Crippen molar-refractivity contribution in [3.05, 3.63) is 70.7 Å². The lowest BCUT2D eigenvalue weighted by molar-refractivity contribution is -0.605. The van der Waals surface area contributed by atoms with E-state index in [9.17, 15) is 14.8 Å². The molecular formula is C19H19N3O3. The fraction of sp³-hybridized carbons (Fsp3) is 0.316. The molecule has 0 radical (unpaired) electrons. The Balaban J connectivity index is 1.39. The predicted molar refractivity (Wildman–Crippen MR) is 90.6 cm³/mol. The van der Waals surface area contributed by atoms with Crippen molar-refractivity contribution in [2.45, 2.75) is 31.3 Å². The molecule has 1 aromatic heterocycles. The van der Waals surface area contributed by atoms with E-state index >= 15 is 0 Å². The maximum atomic E-state index is 12.4. The van der Waals surface area contributed by atoms with Gasteiger partial charge in [-0.1, -0.05) is 24.3 Å². The van der Waals surface area contributed by atoms with Gasteiger partial charge in [0.2, 0.25) is 5.91 Å². The minimum absolute atomic E-state index is 0.0913. The molecule has 2 aliphatic rings. The van der Waals surface area contributed by atoms with Crippen molar-refractivity contribution in [2.75, 3.05) is 6.54 Å². The van der Waals surface area contributed by atoms with E-state index in [1.807, 2.05) is 17.0 Å². The zero-order valence-electron chi connectivity index (χ0n) is 13.7. The van der Waals surface area contributed by atoms with Gasteiger partial charge in [-0.05, 0) is 24.0 Å². The molecule has 25 heavy (non-hydrogen) atoms. The topological polar surface area (TPSA) is 76.4 Å². The summed E-state index contributed by atoms with van der Waals surface area (Å²) in [6.07, 6.45) is 4.66. The number of amides is 2. The number of rotatable bonds is 3. The third kappa shape index (κ3) is 3.07. The highest BCUT2D eigenvalue weighted by atomic mass is 16.5. The van der Waals surface area contributed by atoms with Crippen LogP contribution in [0, 0.1) is 5.21 Å². The third-order valence-corrected chi connectivity index (χ3v) is 5.03. The molecule has 1 saturated heterocycles. The van der Waals surface area contributed by atoms with Gasteiger partial charge in [0.05, 0.1) is 11.6 Å². The van der Waals surface area contributed by atoms with E-state index in [1.165, 1.54) is 35.7 Å². The van der Waals surface area contributed by atoms with Gasteiger partial charge in [0.1, 0.15) is 0 Å². The second-order valence-corrected chi connectivity index (χ2v) is 6.70. The number of likely N-dealkylation sites (tertiary alicyclic amines) is 1. The van der Waals surface area contributed by atoms with Gasteiger partial charge in [-0.2, -0.15) is 4.73 Å². The molecule has 0 unspecified atom stereocenters. The fourth-order valence-electron chi connectivity index (χ4n) is 3.77. The van der Waals surface area contributed by atoms with Crippen molar-refractivity contribution >= 4 is 11.8 Å². The molecule has 2 amide bonds. The van der Waals surface area contributed by atoms with E-state index in [0.29, 0.717) is 23.3 Å². The minimum Gasteiger partial charge on any atom is -0.619 e. The summed E-state index contributed by atoms with van der Waals surface area (Å²) < 4.78 is 0.634. The highest BCUT2D eigenvalue weighted by Crippen LogP contribution is 2.28. The second kappa shape index (κ2) is 6.20. The van der Waals surface area contributed by atoms with Crippen LogP contribution in [0.1, 0.15) is 27.9 Å². The van der Waals surface area contributed by atoms with Gasteiger partial charge in [-0.3, -0.25) is 9.59 Å². The van der Waals surface area contributed by atoms with Crippen LogP contribution < -0.4 is 10.0 Å². The average molecular weight is 337 g/mol. The maximum absolute atomic E-state index is 12.4. The number of hydrogen-bond donors (Lipinski definition) is 1. The lowest BCUT2D eigenvalue weighted by Crippen LogP contribution is -2.41. The highest BCUT2D eigenvalue weighted by molar-refractivity contribution is 5.94. The molecule has 1 atom stereocenters. The molecule has 6 heteroatoms. The normalized spacial score (nSPS) is 19.9. The minimum atomic E-state index is -0.255. The van der Waals surface area contributed by atoms with Gasteiger partial charge in [0.25, 0.3) is 5.91 Å². The van der Waals surface area contributed by atoms with Crippen LogP contribution in [0.5, 0.6) is 0 Å². The molecule has 2 aromatic rings. The lowest BCUT2D eigenvalue weighted by atomic mass is 10.1. The number of pyridine rings is 1. The van der Waals surface area contributed by atoms with Gasteiger partial charge in [-0.25, -0.2) is 0 Å². The van der Waals surface area contributed by atoms with E-state index in [2.05, 4.69) is 17.4 Å². The predicted octanol–water partition coefficient (Wildman–Crippen LogP) is 0.818. The first-order valence-corrected chi connectivity index (χ1v) is 8.46. The Morgan fingerprint density at radius 3 is 2.36 bits per heavy atom. The molecule has 2 heterocycles. The fourth-order valence-corrected chi connectivity index (χ4v) is 3.77. The monoisotopic (exact) mass is 337 g/mol. The number of nitrogens with one attached hydrogen (secondary N) is 1. The van der Waals surface area contributed by atoms with Gasteiger partial charge in [0.15, 0.2) is 12.4 Å². The summed E-state index contributed by atoms with van der Waals surface area (Å²) >= 11 is 0. The third-order valence-electron chi connectivity index (χ3n) is 5.03. The Kier molecular flexibility index (Phi) is 3.87. The molecule has 1 aromatic carbocycles. The zero-order valence-corrected chi connectivity index (χ0v) is 13.7. The van der Waals surface area contributed by atoms with Gasteiger partial charge in [0, 0.05) is 31.1 Å². The molecule has 1 fully saturated rings. The Bertz CT molecular complexity index is 794. The summed E-state index contributed by atoms with van der Waals surface area (Å²) in [6, 6.07) is 11.2. The summed E-state index contributed by atoms with van der Waals surface area (Å²) in [7, 11) is 0. The smallest absolute Gasteiger partial charge is 0.252 e. The Morgan fingerprint density at radius 1 is 1.08 bits per heavy atom. The van der Waals surface area contributed by atoms with Crippen molar-refractivity contribution in [3.63, 3.8) is 0 Å². The van der Waals surface area contributed by atoms with Crippen LogP contribution in [0.25, 0.3) is 0 Å². The number of fused-ring (bicyclic) bond motifs is 1. The van der Waals surface area contributed by atoms with Crippen molar-refractivity contribution in [2.24, 2.45) is 0 Å². The number of carbonyl (C=O) groups is 2. The first-order chi connectivity index (χ1) is 12.1. The quantitative estimate of drug-likeness (QED) is 0.665. The molecule has 0 saturated carbocycles. The first kappa shape index (κ1) is 15.6. The van der Waals surface area contributed by atoms with Crippen LogP contribution in [0.4, 0.5) is 0 Å². The van der Waals surface area contributed by atoms with Gasteiger partial charge >= 0.3 is 0 Å². The molecule has 1 N–H and O–H groups in total. The van der Waals surface area contributed by atoms with Gasteiger partial charge in [-0.15, -0.1) is 0 Å². The van der Waals surface area contributed by atoms with E-state index in [0.717, 1.165) is 12.8 Å². The van der Waals surface area contributed by atoms with Crippen molar-refractivity contribution in [1.29, 1.82) is 0 Å². The molecule has 6 nitrogen and oxygen atoms in total. The number of nitrogens with zero attached hydrogens (tertiary/aromatic N) is 2. The molecule has 128 valence electrons. The number of hydrogen-bond acceptors (Lipinski definition) is 3. The zero-order chi connectivity index (χ0) is 17.4. The largest absolute Gasteiger partial charge is 0.619 e. The summed E-state index contributed by atoms with van der Waals surface area (Å²) in [5.74, 6) is -0.163. The molecule has 1 aliphatic heterocycles. The van der Waals surface area contributed by atoms with Crippen molar-refractivity contribution in [3.8, 4) is 0 Å². The molecule has 0 spiro atoms. The second-order valence-electron chi connectivity index (χ2n) is 6.70. The molecule has 4 rings (SSSR count). The summed E-state index contributed by atoms with van der Waals surface area (Å²) in [5.41, 5.74) is 3.04. The lowest BCUT2D eigenvalue weighted by Gasteiger charge is -2.24. The van der Waals surface area contributed by atoms with Crippen LogP contribution >= 0.6 is 0 Å². The molecular weight excluding hydrogens is 318 g/mol. The SMILES string of the molecule is O=C(N[C@@H]1CC(=O)N(C2Cc3ccccc3C2)C1)c1cc[n+]([O-])cc1. The molecule has 1 aliphatic carbocycles. The highest BCUT2D eigenvalue weighted by Gasteiger charge is 2.37. The van der Waals surface area contributed by atoms with Crippen LogP contribution in [0.15, 0.2) is 48.8 Å². The van der Waals surface area contributed by atoms with E-state index in [1.54, 1.807) is 0 Å². The van der Waals surface area contributed by atoms with Crippen LogP contribution in [-0.2, 0) is 17.6 Å². The summed E-state index contributed by atoms with van der Waals surface area (Å²) in [5, 5.41) is 14.0. The van der Waals surface area contributed by atoms with E-state index in [-0.39, 0.29) is 23.9 Å². The number of aromatic nitrogens is 1. The van der Waals surface area contributed by atoms with Crippen molar-refractivity contribution in [1.82, 2.24) is 10.2 Å². The first-order valence-electron chi connectivity index (χ1n) is 8.46. The van der Waals surface area contributed by atoms with Gasteiger partial charge < -0.3 is 15.4 Å². The Morgan fingerprint density at radius 2 is 1.72 bits per heavy atom. The van der Waals surface area contributed by atoms with E-state index in [4.69, 9.17) is 0 Å². The summed E-state index contributed by atoms with van der Waals surface area (Å²) in [6.45, 7) is 0.539. The van der Waals surface area contributed by atoms with Crippen LogP contribution in [0.3, 0.4) is 0 Å². The van der Waals surface area contributed by atoms with E-state index < -0.39 is 0 Å². The number of benzene rings is 1. The maximum Gasteiger partial charge on any atom is 0.252 e. The number of carbonyl (C=O) groups excluding carboxylic acids is 2. The molecule has 0 bridgehead atoms. The van der Waals surface area contributed by atoms with Crippen LogP contribution in [-0.4, -0.2) is 35.3 Å². The standard InChI is InChI=1S/C19H19N3O3/c23-18-11-16(20-19(24)13-5-7-21(25)8-6-13)12-22(18)17-9-14-3-1-2-4-15(14)10-17/h1-8,16-17H,9-12H2,(H,20,24)/t16-/m1/s1. The summed E-state index contributed by atoms with van der Waals surface area (Å²) in [4.78, 5) is 26.6. The van der Waals surface area contributed by atoms with Crippen LogP contribution in [0.2, 0.25) is 0 Å². The Hall–Kier alpha value is -2.89. The van der Waals surface area contributed by atoms with Crippen molar-refractivity contribution < 1.29 is 14.3 Å². The average Bonchev–Trinajstić information content (AvgIpc) is 3.18.